The van der Waals surface area contributed by atoms with Gasteiger partial charge in [-0.2, -0.15) is 0 Å². The predicted molar refractivity (Wildman–Crippen MR) is 147 cm³/mol. The van der Waals surface area contributed by atoms with E-state index in [0.29, 0.717) is 23.0 Å². The van der Waals surface area contributed by atoms with E-state index in [1.165, 1.54) is 4.90 Å². The summed E-state index contributed by atoms with van der Waals surface area (Å²) in [5, 5.41) is 1.83. The Morgan fingerprint density at radius 3 is 2.50 bits per heavy atom. The lowest BCUT2D eigenvalue weighted by Crippen LogP contribution is -2.27. The van der Waals surface area contributed by atoms with Gasteiger partial charge in [0.1, 0.15) is 6.61 Å². The molecule has 0 atom stereocenters. The van der Waals surface area contributed by atoms with Gasteiger partial charge in [0.05, 0.1) is 18.6 Å². The third-order valence-electron chi connectivity index (χ3n) is 5.88. The second-order valence-corrected chi connectivity index (χ2v) is 10.1. The zero-order valence-corrected chi connectivity index (χ0v) is 21.8. The fraction of sp³-hybridized carbons (Fsp3) is 0.103. The lowest BCUT2D eigenvalue weighted by Gasteiger charge is -2.14. The molecule has 1 saturated heterocycles. The van der Waals surface area contributed by atoms with Crippen molar-refractivity contribution in [1.29, 1.82) is 0 Å². The van der Waals surface area contributed by atoms with Crippen LogP contribution in [0.25, 0.3) is 16.8 Å². The van der Waals surface area contributed by atoms with Gasteiger partial charge in [-0.3, -0.25) is 14.5 Å². The van der Waals surface area contributed by atoms with Gasteiger partial charge in [-0.15, -0.1) is 0 Å². The molecule has 4 aromatic carbocycles. The number of methoxy groups -OCH3 is 1. The zero-order valence-electron chi connectivity index (χ0n) is 19.4. The number of benzene rings is 4. The second-order valence-electron chi connectivity index (χ2n) is 8.23. The summed E-state index contributed by atoms with van der Waals surface area (Å²) < 4.78 is 12.5. The van der Waals surface area contributed by atoms with Crippen LogP contribution in [-0.2, 0) is 17.9 Å². The number of rotatable bonds is 7. The topological polar surface area (TPSA) is 55.8 Å². The molecule has 36 heavy (non-hydrogen) atoms. The summed E-state index contributed by atoms with van der Waals surface area (Å²) in [5.41, 5.74) is 2.72. The van der Waals surface area contributed by atoms with Gasteiger partial charge >= 0.3 is 0 Å². The Labute approximate surface area is 221 Å². The average molecular weight is 560 g/mol. The average Bonchev–Trinajstić information content (AvgIpc) is 3.16. The molecule has 1 fully saturated rings. The molecule has 180 valence electrons. The van der Waals surface area contributed by atoms with E-state index >= 15 is 0 Å². The first-order chi connectivity index (χ1) is 17.5. The molecule has 0 N–H and O–H groups in total. The zero-order chi connectivity index (χ0) is 25.1. The lowest BCUT2D eigenvalue weighted by molar-refractivity contribution is -0.123. The fourth-order valence-electron chi connectivity index (χ4n) is 4.02. The molecule has 0 bridgehead atoms. The van der Waals surface area contributed by atoms with Crippen molar-refractivity contribution >= 4 is 55.7 Å². The maximum Gasteiger partial charge on any atom is 0.293 e. The predicted octanol–water partition coefficient (Wildman–Crippen LogP) is 7.43. The first-order valence-corrected chi connectivity index (χ1v) is 12.9. The third kappa shape index (κ3) is 5.17. The largest absolute Gasteiger partial charge is 0.493 e. The lowest BCUT2D eigenvalue weighted by atomic mass is 10.0. The number of fused-ring (bicyclic) bond motifs is 1. The van der Waals surface area contributed by atoms with Crippen LogP contribution in [0.3, 0.4) is 0 Å². The fourth-order valence-corrected chi connectivity index (χ4v) is 5.13. The van der Waals surface area contributed by atoms with E-state index in [1.54, 1.807) is 19.3 Å². The van der Waals surface area contributed by atoms with Crippen LogP contribution < -0.4 is 9.47 Å². The molecule has 4 aromatic rings. The molecule has 0 aliphatic carbocycles. The highest BCUT2D eigenvalue weighted by atomic mass is 79.9. The molecule has 7 heteroatoms. The molecule has 5 nitrogen and oxygen atoms in total. The number of carbonyl (C=O) groups is 2. The van der Waals surface area contributed by atoms with Gasteiger partial charge in [0.25, 0.3) is 11.1 Å². The van der Waals surface area contributed by atoms with Crippen molar-refractivity contribution in [2.24, 2.45) is 0 Å². The van der Waals surface area contributed by atoms with Gasteiger partial charge in [0.15, 0.2) is 11.5 Å². The summed E-state index contributed by atoms with van der Waals surface area (Å²) in [7, 11) is 1.57. The molecule has 0 unspecified atom stereocenters. The molecule has 0 spiro atoms. The number of hydrogen-bond donors (Lipinski definition) is 0. The van der Waals surface area contributed by atoms with E-state index in [-0.39, 0.29) is 17.7 Å². The molecular formula is C29H22BrNO4S. The van der Waals surface area contributed by atoms with Crippen molar-refractivity contribution in [1.82, 2.24) is 4.90 Å². The van der Waals surface area contributed by atoms with E-state index in [0.717, 1.165) is 43.7 Å². The maximum atomic E-state index is 13.1. The first kappa shape index (κ1) is 24.2. The highest BCUT2D eigenvalue weighted by Crippen LogP contribution is 2.36. The van der Waals surface area contributed by atoms with Crippen LogP contribution in [-0.4, -0.2) is 23.2 Å². The van der Waals surface area contributed by atoms with Crippen LogP contribution >= 0.6 is 27.7 Å². The van der Waals surface area contributed by atoms with E-state index in [1.807, 2.05) is 78.9 Å². The van der Waals surface area contributed by atoms with Crippen molar-refractivity contribution in [3.05, 3.63) is 111 Å². The summed E-state index contributed by atoms with van der Waals surface area (Å²) in [6.07, 6.45) is 1.72. The van der Waals surface area contributed by atoms with Gasteiger partial charge in [0, 0.05) is 4.47 Å². The van der Waals surface area contributed by atoms with Crippen LogP contribution in [0.15, 0.2) is 94.3 Å². The van der Waals surface area contributed by atoms with Crippen molar-refractivity contribution in [3.63, 3.8) is 0 Å². The quantitative estimate of drug-likeness (QED) is 0.220. The molecule has 1 aliphatic heterocycles. The highest BCUT2D eigenvalue weighted by molar-refractivity contribution is 9.10. The van der Waals surface area contributed by atoms with Crippen LogP contribution in [0.2, 0.25) is 0 Å². The monoisotopic (exact) mass is 559 g/mol. The molecule has 1 heterocycles. The number of amides is 2. The first-order valence-electron chi connectivity index (χ1n) is 11.3. The Morgan fingerprint density at radius 2 is 1.69 bits per heavy atom. The standard InChI is InChI=1S/C29H22BrNO4S/c1-34-26-15-20(11-14-25(26)35-18-19-9-12-23(30)13-10-19)16-27-28(32)31(29(33)36-27)17-22-7-4-6-21-5-2-3-8-24(21)22/h2-16H,17-18H2,1H3/b27-16+. The van der Waals surface area contributed by atoms with E-state index in [2.05, 4.69) is 15.9 Å². The number of nitrogens with zero attached hydrogens (tertiary/aromatic N) is 1. The minimum absolute atomic E-state index is 0.232. The smallest absolute Gasteiger partial charge is 0.293 e. The van der Waals surface area contributed by atoms with Gasteiger partial charge < -0.3 is 9.47 Å². The molecule has 0 saturated carbocycles. The van der Waals surface area contributed by atoms with Gasteiger partial charge in [-0.25, -0.2) is 0 Å². The van der Waals surface area contributed by atoms with Crippen LogP contribution in [0.5, 0.6) is 11.5 Å². The van der Waals surface area contributed by atoms with Crippen molar-refractivity contribution in [2.75, 3.05) is 7.11 Å². The van der Waals surface area contributed by atoms with Crippen LogP contribution in [0, 0.1) is 0 Å². The molecule has 0 aromatic heterocycles. The summed E-state index contributed by atoms with van der Waals surface area (Å²) in [5.74, 6) is 0.852. The summed E-state index contributed by atoms with van der Waals surface area (Å²) >= 11 is 4.38. The number of imide groups is 1. The van der Waals surface area contributed by atoms with Crippen LogP contribution in [0.4, 0.5) is 4.79 Å². The van der Waals surface area contributed by atoms with E-state index in [9.17, 15) is 9.59 Å². The molecular weight excluding hydrogens is 538 g/mol. The van der Waals surface area contributed by atoms with Crippen molar-refractivity contribution in [2.45, 2.75) is 13.2 Å². The molecule has 0 radical (unpaired) electrons. The normalized spacial score (nSPS) is 14.6. The molecule has 2 amide bonds. The number of halogens is 1. The van der Waals surface area contributed by atoms with E-state index in [4.69, 9.17) is 9.47 Å². The summed E-state index contributed by atoms with van der Waals surface area (Å²) in [4.78, 5) is 27.5. The minimum atomic E-state index is -0.299. The third-order valence-corrected chi connectivity index (χ3v) is 7.31. The summed E-state index contributed by atoms with van der Waals surface area (Å²) in [6.45, 7) is 0.631. The number of thioether (sulfide) groups is 1. The van der Waals surface area contributed by atoms with Gasteiger partial charge in [-0.1, -0.05) is 76.6 Å². The molecule has 1 aliphatic rings. The van der Waals surface area contributed by atoms with Crippen molar-refractivity contribution in [3.8, 4) is 11.5 Å². The second kappa shape index (κ2) is 10.6. The summed E-state index contributed by atoms with van der Waals surface area (Å²) in [6, 6.07) is 27.2. The SMILES string of the molecule is COc1cc(/C=C2/SC(=O)N(Cc3cccc4ccccc34)C2=O)ccc1OCc1ccc(Br)cc1. The van der Waals surface area contributed by atoms with Crippen molar-refractivity contribution < 1.29 is 19.1 Å². The van der Waals surface area contributed by atoms with Gasteiger partial charge in [0.2, 0.25) is 0 Å². The number of ether oxygens (including phenoxy) is 2. The number of carbonyl (C=O) groups excluding carboxylic acids is 2. The number of hydrogen-bond acceptors (Lipinski definition) is 5. The maximum absolute atomic E-state index is 13.1. The van der Waals surface area contributed by atoms with E-state index < -0.39 is 0 Å². The Balaban J connectivity index is 1.33. The Hall–Kier alpha value is -3.55. The highest BCUT2D eigenvalue weighted by Gasteiger charge is 2.35. The Morgan fingerprint density at radius 1 is 0.917 bits per heavy atom. The van der Waals surface area contributed by atoms with Crippen LogP contribution in [0.1, 0.15) is 16.7 Å². The Bertz CT molecular complexity index is 1480. The minimum Gasteiger partial charge on any atom is -0.493 e. The Kier molecular flexibility index (Phi) is 7.11. The van der Waals surface area contributed by atoms with Gasteiger partial charge in [-0.05, 0) is 69.6 Å². The molecule has 5 rings (SSSR count).